The first-order chi connectivity index (χ1) is 19.8. The van der Waals surface area contributed by atoms with Crippen LogP contribution in [0.25, 0.3) is 5.57 Å². The molecule has 5 rings (SSSR count). The predicted molar refractivity (Wildman–Crippen MR) is 160 cm³/mol. The fourth-order valence-electron chi connectivity index (χ4n) is 4.99. The van der Waals surface area contributed by atoms with Crippen molar-refractivity contribution in [1.82, 2.24) is 4.31 Å². The predicted octanol–water partition coefficient (Wildman–Crippen LogP) is 6.70. The van der Waals surface area contributed by atoms with Crippen molar-refractivity contribution in [3.63, 3.8) is 0 Å². The van der Waals surface area contributed by atoms with Gasteiger partial charge in [0.15, 0.2) is 0 Å². The van der Waals surface area contributed by atoms with Crippen LogP contribution in [0.15, 0.2) is 131 Å². The van der Waals surface area contributed by atoms with E-state index >= 15 is 0 Å². The van der Waals surface area contributed by atoms with Gasteiger partial charge < -0.3 is 9.47 Å². The number of aryl methyl sites for hydroxylation is 1. The van der Waals surface area contributed by atoms with Crippen LogP contribution in [0.2, 0.25) is 0 Å². The third-order valence-electron chi connectivity index (χ3n) is 6.96. The van der Waals surface area contributed by atoms with Crippen molar-refractivity contribution in [2.24, 2.45) is 0 Å². The largest absolute Gasteiger partial charge is 0.497 e. The molecule has 0 spiro atoms. The van der Waals surface area contributed by atoms with Crippen LogP contribution in [-0.2, 0) is 19.6 Å². The van der Waals surface area contributed by atoms with Gasteiger partial charge in [0.05, 0.1) is 29.9 Å². The summed E-state index contributed by atoms with van der Waals surface area (Å²) in [5.41, 5.74) is 4.46. The highest BCUT2D eigenvalue weighted by Crippen LogP contribution is 2.47. The maximum Gasteiger partial charge on any atom is 0.336 e. The van der Waals surface area contributed by atoms with Crippen LogP contribution in [0.4, 0.5) is 0 Å². The maximum atomic E-state index is 14.6. The van der Waals surface area contributed by atoms with Gasteiger partial charge in [-0.25, -0.2) is 13.2 Å². The van der Waals surface area contributed by atoms with Crippen molar-refractivity contribution in [3.8, 4) is 5.75 Å². The highest BCUT2D eigenvalue weighted by atomic mass is 32.2. The van der Waals surface area contributed by atoms with Crippen molar-refractivity contribution >= 4 is 21.6 Å². The molecule has 1 unspecified atom stereocenters. The molecule has 1 heterocycles. The molecule has 0 N–H and O–H groups in total. The number of nitrogens with zero attached hydrogens (tertiary/aromatic N) is 1. The summed E-state index contributed by atoms with van der Waals surface area (Å²) < 4.78 is 41.5. The minimum absolute atomic E-state index is 0.123. The number of benzene rings is 4. The molecule has 0 fully saturated rings. The fourth-order valence-corrected chi connectivity index (χ4v) is 6.61. The number of ether oxygens (including phenoxy) is 2. The number of esters is 1. The molecule has 0 bridgehead atoms. The van der Waals surface area contributed by atoms with Crippen molar-refractivity contribution < 1.29 is 22.7 Å². The zero-order valence-corrected chi connectivity index (χ0v) is 24.0. The van der Waals surface area contributed by atoms with Crippen LogP contribution in [0.3, 0.4) is 0 Å². The topological polar surface area (TPSA) is 72.9 Å². The highest BCUT2D eigenvalue weighted by molar-refractivity contribution is 7.89. The maximum absolute atomic E-state index is 14.6. The third kappa shape index (κ3) is 5.54. The van der Waals surface area contributed by atoms with E-state index in [1.165, 1.54) is 4.31 Å². The number of hydrogen-bond donors (Lipinski definition) is 0. The molecule has 6 nitrogen and oxygen atoms in total. The Morgan fingerprint density at radius 3 is 1.88 bits per heavy atom. The van der Waals surface area contributed by atoms with E-state index in [4.69, 9.17) is 9.47 Å². The number of hydrogen-bond acceptors (Lipinski definition) is 5. The van der Waals surface area contributed by atoms with E-state index in [9.17, 15) is 13.2 Å². The van der Waals surface area contributed by atoms with Gasteiger partial charge in [-0.2, -0.15) is 0 Å². The van der Waals surface area contributed by atoms with Gasteiger partial charge in [-0.05, 0) is 60.9 Å². The number of sulfonamides is 1. The SMILES string of the molecule is CCOC(=O)C1=CC(=C(c2ccccc2)c2ccccc2)N(S(=O)(=O)c2ccc(C)cc2)C1c1ccc(OC)cc1. The first-order valence-corrected chi connectivity index (χ1v) is 14.8. The van der Waals surface area contributed by atoms with Gasteiger partial charge in [-0.1, -0.05) is 90.5 Å². The van der Waals surface area contributed by atoms with E-state index in [-0.39, 0.29) is 17.1 Å². The molecule has 4 aromatic rings. The Bertz CT molecular complexity index is 1650. The molecule has 0 amide bonds. The van der Waals surface area contributed by atoms with Crippen LogP contribution in [0.5, 0.6) is 5.75 Å². The lowest BCUT2D eigenvalue weighted by molar-refractivity contribution is -0.138. The minimum Gasteiger partial charge on any atom is -0.497 e. The van der Waals surface area contributed by atoms with Gasteiger partial charge in [0.2, 0.25) is 0 Å². The van der Waals surface area contributed by atoms with E-state index in [0.717, 1.165) is 16.7 Å². The van der Waals surface area contributed by atoms with Crippen molar-refractivity contribution in [2.75, 3.05) is 13.7 Å². The standard InChI is InChI=1S/C34H31NO5S/c1-4-40-34(36)30-23-31(32(25-11-7-5-8-12-25)26-13-9-6-10-14-26)35(33(30)27-17-19-28(39-3)20-18-27)41(37,38)29-21-15-24(2)16-22-29/h5-23,33H,4H2,1-3H3. The molecular weight excluding hydrogens is 534 g/mol. The van der Waals surface area contributed by atoms with E-state index in [0.29, 0.717) is 22.6 Å². The van der Waals surface area contributed by atoms with Gasteiger partial charge in [0.1, 0.15) is 11.8 Å². The summed E-state index contributed by atoms with van der Waals surface area (Å²) in [5, 5.41) is 0. The molecule has 4 aromatic carbocycles. The van der Waals surface area contributed by atoms with Gasteiger partial charge in [-0.3, -0.25) is 4.31 Å². The molecule has 41 heavy (non-hydrogen) atoms. The molecule has 208 valence electrons. The van der Waals surface area contributed by atoms with Gasteiger partial charge in [0.25, 0.3) is 10.0 Å². The van der Waals surface area contributed by atoms with Crippen LogP contribution in [-0.4, -0.2) is 32.4 Å². The first-order valence-electron chi connectivity index (χ1n) is 13.3. The second kappa shape index (κ2) is 11.9. The molecule has 0 radical (unpaired) electrons. The molecule has 1 aliphatic heterocycles. The van der Waals surface area contributed by atoms with Crippen LogP contribution < -0.4 is 4.74 Å². The third-order valence-corrected chi connectivity index (χ3v) is 8.75. The number of carbonyl (C=O) groups is 1. The Balaban J connectivity index is 1.87. The summed E-state index contributed by atoms with van der Waals surface area (Å²) in [6, 6.07) is 32.0. The zero-order chi connectivity index (χ0) is 29.0. The molecule has 7 heteroatoms. The van der Waals surface area contributed by atoms with Crippen LogP contribution >= 0.6 is 0 Å². The molecule has 1 atom stereocenters. The number of carbonyl (C=O) groups excluding carboxylic acids is 1. The Morgan fingerprint density at radius 1 is 0.805 bits per heavy atom. The monoisotopic (exact) mass is 565 g/mol. The van der Waals surface area contributed by atoms with Gasteiger partial charge >= 0.3 is 5.97 Å². The second-order valence-electron chi connectivity index (χ2n) is 9.60. The highest BCUT2D eigenvalue weighted by Gasteiger charge is 2.44. The average molecular weight is 566 g/mol. The minimum atomic E-state index is -4.18. The lowest BCUT2D eigenvalue weighted by Crippen LogP contribution is -2.33. The molecule has 0 saturated heterocycles. The van der Waals surface area contributed by atoms with E-state index in [2.05, 4.69) is 0 Å². The Labute approximate surface area is 241 Å². The van der Waals surface area contributed by atoms with Gasteiger partial charge in [-0.15, -0.1) is 0 Å². The number of allylic oxidation sites excluding steroid dienone is 1. The van der Waals surface area contributed by atoms with Crippen LogP contribution in [0, 0.1) is 6.92 Å². The lowest BCUT2D eigenvalue weighted by atomic mass is 9.96. The Hall–Kier alpha value is -4.62. The zero-order valence-electron chi connectivity index (χ0n) is 23.2. The summed E-state index contributed by atoms with van der Waals surface area (Å²) in [5.74, 6) is 0.0410. The molecular formula is C34H31NO5S. The first kappa shape index (κ1) is 27.9. The fraction of sp³-hybridized carbons (Fsp3) is 0.147. The summed E-state index contributed by atoms with van der Waals surface area (Å²) in [6.45, 7) is 3.79. The Morgan fingerprint density at radius 2 is 1.37 bits per heavy atom. The second-order valence-corrected chi connectivity index (χ2v) is 11.4. The summed E-state index contributed by atoms with van der Waals surface area (Å²) in [7, 11) is -2.61. The Kier molecular flexibility index (Phi) is 8.08. The average Bonchev–Trinajstić information content (AvgIpc) is 3.40. The van der Waals surface area contributed by atoms with E-state index < -0.39 is 22.0 Å². The van der Waals surface area contributed by atoms with Crippen molar-refractivity contribution in [3.05, 3.63) is 149 Å². The smallest absolute Gasteiger partial charge is 0.336 e. The van der Waals surface area contributed by atoms with Crippen molar-refractivity contribution in [2.45, 2.75) is 24.8 Å². The summed E-state index contributed by atoms with van der Waals surface area (Å²) >= 11 is 0. The van der Waals surface area contributed by atoms with Crippen LogP contribution in [0.1, 0.15) is 35.2 Å². The lowest BCUT2D eigenvalue weighted by Gasteiger charge is -2.31. The van der Waals surface area contributed by atoms with E-state index in [1.807, 2.05) is 67.6 Å². The van der Waals surface area contributed by atoms with Crippen molar-refractivity contribution in [1.29, 1.82) is 0 Å². The van der Waals surface area contributed by atoms with E-state index in [1.54, 1.807) is 68.6 Å². The number of rotatable bonds is 8. The summed E-state index contributed by atoms with van der Waals surface area (Å²) in [4.78, 5) is 13.6. The number of methoxy groups -OCH3 is 1. The molecule has 1 aliphatic rings. The molecule has 0 aromatic heterocycles. The quantitative estimate of drug-likeness (QED) is 0.222. The molecule has 0 saturated carbocycles. The van der Waals surface area contributed by atoms with Gasteiger partial charge in [0, 0.05) is 5.57 Å². The summed E-state index contributed by atoms with van der Waals surface area (Å²) in [6.07, 6.45) is 1.66. The molecule has 0 aliphatic carbocycles. The normalized spacial score (nSPS) is 14.9.